The number of nitrogens with two attached hydrogens (primary N) is 1. The minimum Gasteiger partial charge on any atom is -0.493 e. The quantitative estimate of drug-likeness (QED) is 0.894. The molecule has 1 aromatic carbocycles. The number of ether oxygens (including phenoxy) is 2. The van der Waals surface area contributed by atoms with E-state index in [0.29, 0.717) is 11.4 Å². The first-order chi connectivity index (χ1) is 9.06. The minimum absolute atomic E-state index is 0.179. The van der Waals surface area contributed by atoms with Crippen LogP contribution in [0.2, 0.25) is 0 Å². The maximum absolute atomic E-state index is 13.1. The van der Waals surface area contributed by atoms with Crippen LogP contribution in [-0.2, 0) is 0 Å². The van der Waals surface area contributed by atoms with Gasteiger partial charge in [0.25, 0.3) is 6.43 Å². The van der Waals surface area contributed by atoms with E-state index in [9.17, 15) is 8.78 Å². The summed E-state index contributed by atoms with van der Waals surface area (Å²) in [5.41, 5.74) is 5.98. The first-order valence-corrected chi connectivity index (χ1v) is 5.42. The van der Waals surface area contributed by atoms with Gasteiger partial charge in [-0.05, 0) is 12.1 Å². The molecule has 0 aliphatic rings. The Labute approximate surface area is 108 Å². The summed E-state index contributed by atoms with van der Waals surface area (Å²) in [7, 11) is 2.83. The number of rotatable bonds is 4. The van der Waals surface area contributed by atoms with Crippen molar-refractivity contribution < 1.29 is 18.3 Å². The predicted octanol–water partition coefficient (Wildman–Crippen LogP) is 2.61. The molecule has 1 heterocycles. The zero-order chi connectivity index (χ0) is 14.0. The number of H-pyrrole nitrogens is 1. The van der Waals surface area contributed by atoms with Crippen molar-refractivity contribution in [2.24, 2.45) is 0 Å². The molecule has 2 rings (SSSR count). The van der Waals surface area contributed by atoms with E-state index in [1.807, 2.05) is 0 Å². The van der Waals surface area contributed by atoms with E-state index in [-0.39, 0.29) is 22.7 Å². The van der Waals surface area contributed by atoms with E-state index in [2.05, 4.69) is 10.2 Å². The molecular weight excluding hydrogens is 256 g/mol. The van der Waals surface area contributed by atoms with Crippen LogP contribution in [0.3, 0.4) is 0 Å². The molecule has 0 atom stereocenters. The third kappa shape index (κ3) is 2.44. The van der Waals surface area contributed by atoms with Crippen LogP contribution < -0.4 is 15.2 Å². The lowest BCUT2D eigenvalue weighted by Gasteiger charge is -2.13. The van der Waals surface area contributed by atoms with Gasteiger partial charge in [0.05, 0.1) is 19.9 Å². The number of nitrogen functional groups attached to an aromatic ring is 1. The average molecular weight is 269 g/mol. The van der Waals surface area contributed by atoms with E-state index in [1.165, 1.54) is 32.4 Å². The number of aromatic nitrogens is 2. The Kier molecular flexibility index (Phi) is 3.55. The van der Waals surface area contributed by atoms with Crippen molar-refractivity contribution in [2.75, 3.05) is 20.0 Å². The topological polar surface area (TPSA) is 73.2 Å². The van der Waals surface area contributed by atoms with Gasteiger partial charge in [-0.25, -0.2) is 8.78 Å². The minimum atomic E-state index is -2.65. The lowest BCUT2D eigenvalue weighted by atomic mass is 10.0. The molecule has 0 saturated carbocycles. The second-order valence-corrected chi connectivity index (χ2v) is 3.80. The van der Waals surface area contributed by atoms with Gasteiger partial charge >= 0.3 is 0 Å². The Morgan fingerprint density at radius 3 is 2.26 bits per heavy atom. The van der Waals surface area contributed by atoms with Crippen LogP contribution in [0.5, 0.6) is 11.5 Å². The molecule has 0 aliphatic carbocycles. The van der Waals surface area contributed by atoms with Gasteiger partial charge in [-0.15, -0.1) is 0 Å². The van der Waals surface area contributed by atoms with Crippen LogP contribution in [0, 0.1) is 0 Å². The highest BCUT2D eigenvalue weighted by molar-refractivity contribution is 5.70. The molecule has 0 unspecified atom stereocenters. The second kappa shape index (κ2) is 5.13. The zero-order valence-electron chi connectivity index (χ0n) is 10.4. The van der Waals surface area contributed by atoms with E-state index in [0.717, 1.165) is 0 Å². The molecule has 0 amide bonds. The molecule has 1 aromatic heterocycles. The maximum atomic E-state index is 13.1. The summed E-state index contributed by atoms with van der Waals surface area (Å²) in [5, 5.41) is 6.33. The molecule has 0 saturated heterocycles. The van der Waals surface area contributed by atoms with Gasteiger partial charge in [0.2, 0.25) is 0 Å². The van der Waals surface area contributed by atoms with Crippen LogP contribution in [-0.4, -0.2) is 24.4 Å². The molecule has 7 heteroatoms. The largest absolute Gasteiger partial charge is 0.493 e. The number of methoxy groups -OCH3 is 2. The maximum Gasteiger partial charge on any atom is 0.264 e. The highest BCUT2D eigenvalue weighted by atomic mass is 19.3. The summed E-state index contributed by atoms with van der Waals surface area (Å²) < 4.78 is 36.3. The Hall–Kier alpha value is -2.31. The normalized spacial score (nSPS) is 10.8. The number of hydrogen-bond acceptors (Lipinski definition) is 4. The number of anilines is 1. The van der Waals surface area contributed by atoms with Crippen molar-refractivity contribution in [2.45, 2.75) is 6.43 Å². The Morgan fingerprint density at radius 2 is 1.79 bits per heavy atom. The van der Waals surface area contributed by atoms with E-state index < -0.39 is 6.43 Å². The molecule has 5 nitrogen and oxygen atoms in total. The summed E-state index contributed by atoms with van der Waals surface area (Å²) in [6.45, 7) is 0. The number of aromatic amines is 1. The van der Waals surface area contributed by atoms with Gasteiger partial charge in [0, 0.05) is 17.2 Å². The van der Waals surface area contributed by atoms with Crippen LogP contribution in [0.1, 0.15) is 12.0 Å². The van der Waals surface area contributed by atoms with Crippen molar-refractivity contribution >= 4 is 5.82 Å². The second-order valence-electron chi connectivity index (χ2n) is 3.80. The average Bonchev–Trinajstić information content (AvgIpc) is 2.83. The number of nitrogens with one attached hydrogen (secondary N) is 1. The Bertz CT molecular complexity index is 584. The van der Waals surface area contributed by atoms with Crippen LogP contribution in [0.15, 0.2) is 18.2 Å². The number of nitrogens with zero attached hydrogens (tertiary/aromatic N) is 1. The molecule has 102 valence electrons. The zero-order valence-corrected chi connectivity index (χ0v) is 10.4. The van der Waals surface area contributed by atoms with Gasteiger partial charge < -0.3 is 15.2 Å². The van der Waals surface area contributed by atoms with Gasteiger partial charge in [-0.3, -0.25) is 5.10 Å². The molecule has 19 heavy (non-hydrogen) atoms. The molecule has 0 aliphatic heterocycles. The van der Waals surface area contributed by atoms with Gasteiger partial charge in [-0.2, -0.15) is 5.10 Å². The first-order valence-electron chi connectivity index (χ1n) is 5.42. The van der Waals surface area contributed by atoms with Gasteiger partial charge in [-0.1, -0.05) is 0 Å². The highest BCUT2D eigenvalue weighted by Crippen LogP contribution is 2.39. The van der Waals surface area contributed by atoms with E-state index in [4.69, 9.17) is 15.2 Å². The Morgan fingerprint density at radius 1 is 1.16 bits per heavy atom. The highest BCUT2D eigenvalue weighted by Gasteiger charge is 2.20. The van der Waals surface area contributed by atoms with Crippen molar-refractivity contribution in [3.05, 3.63) is 23.8 Å². The number of hydrogen-bond donors (Lipinski definition) is 2. The van der Waals surface area contributed by atoms with Gasteiger partial charge in [0.1, 0.15) is 5.82 Å². The van der Waals surface area contributed by atoms with E-state index >= 15 is 0 Å². The molecule has 2 aromatic rings. The summed E-state index contributed by atoms with van der Waals surface area (Å²) in [6.07, 6.45) is -2.65. The van der Waals surface area contributed by atoms with E-state index in [1.54, 1.807) is 0 Å². The number of alkyl halides is 2. The fourth-order valence-electron chi connectivity index (χ4n) is 1.78. The predicted molar refractivity (Wildman–Crippen MR) is 66.5 cm³/mol. The third-order valence-electron chi connectivity index (χ3n) is 2.68. The first kappa shape index (κ1) is 13.1. The lowest BCUT2D eigenvalue weighted by molar-refractivity contribution is 0.151. The van der Waals surface area contributed by atoms with Crippen LogP contribution in [0.25, 0.3) is 11.3 Å². The molecule has 0 bridgehead atoms. The van der Waals surface area contributed by atoms with Gasteiger partial charge in [0.15, 0.2) is 11.5 Å². The lowest BCUT2D eigenvalue weighted by Crippen LogP contribution is -1.97. The Balaban J connectivity index is 2.63. The third-order valence-corrected chi connectivity index (χ3v) is 2.68. The summed E-state index contributed by atoms with van der Waals surface area (Å²) in [4.78, 5) is 0. The number of benzene rings is 1. The van der Waals surface area contributed by atoms with Crippen LogP contribution in [0.4, 0.5) is 14.6 Å². The summed E-state index contributed by atoms with van der Waals surface area (Å²) >= 11 is 0. The fraction of sp³-hybridized carbons (Fsp3) is 0.250. The number of halogens is 2. The smallest absolute Gasteiger partial charge is 0.264 e. The monoisotopic (exact) mass is 269 g/mol. The van der Waals surface area contributed by atoms with Crippen molar-refractivity contribution in [1.29, 1.82) is 0 Å². The molecule has 0 radical (unpaired) electrons. The molecule has 0 spiro atoms. The fourth-order valence-corrected chi connectivity index (χ4v) is 1.78. The molecular formula is C12H13F2N3O2. The SMILES string of the molecule is COc1cc(-c2cc(N)n[nH]2)c(C(F)F)cc1OC. The van der Waals surface area contributed by atoms with Crippen LogP contribution >= 0.6 is 0 Å². The molecule has 0 fully saturated rings. The standard InChI is InChI=1S/C12H13F2N3O2/c1-18-9-3-6(8-5-11(15)17-16-8)7(12(13)14)4-10(9)19-2/h3-5,12H,1-2H3,(H3,15,16,17). The summed E-state index contributed by atoms with van der Waals surface area (Å²) in [5.74, 6) is 0.828. The van der Waals surface area contributed by atoms with Crippen molar-refractivity contribution in [3.63, 3.8) is 0 Å². The molecule has 3 N–H and O–H groups in total. The summed E-state index contributed by atoms with van der Waals surface area (Å²) in [6, 6.07) is 4.19. The van der Waals surface area contributed by atoms with Crippen molar-refractivity contribution in [3.8, 4) is 22.8 Å². The van der Waals surface area contributed by atoms with Crippen molar-refractivity contribution in [1.82, 2.24) is 10.2 Å².